The monoisotopic (exact) mass is 484 g/mol. The molecule has 2 aliphatic carbocycles. The number of carboxylic acids is 1. The van der Waals surface area contributed by atoms with Gasteiger partial charge in [-0.15, -0.1) is 23.1 Å². The van der Waals surface area contributed by atoms with Crippen LogP contribution in [0.1, 0.15) is 44.7 Å². The van der Waals surface area contributed by atoms with Crippen LogP contribution in [0.15, 0.2) is 17.5 Å². The van der Waals surface area contributed by atoms with Crippen molar-refractivity contribution in [2.45, 2.75) is 61.2 Å². The normalized spacial score (nSPS) is 34.6. The Morgan fingerprint density at radius 2 is 2.12 bits per heavy atom. The standard InChI is InChI=1S/C21H26N4O4S2.Na/c1-21(2)15(19(28)29)25-17(27)14(18(25)31-21)24-16(26)12(13-8-30-20(22)23-13)7-11-6-9-3-4-10(11)5-9;/h3-4,8-12,14-15,18H,5-7H2,1-2H3,(H2,22,23)(H,24,26)(H,28,29);/q;+1/p-1/t9?,10?,11?,12?,14-,15+,18-;/m1./s1. The molecule has 4 unspecified atom stereocenters. The summed E-state index contributed by atoms with van der Waals surface area (Å²) in [6.45, 7) is 3.57. The molecule has 3 heterocycles. The van der Waals surface area contributed by atoms with Gasteiger partial charge in [0.25, 0.3) is 0 Å². The van der Waals surface area contributed by atoms with Gasteiger partial charge in [-0.05, 0) is 50.9 Å². The molecule has 2 bridgehead atoms. The molecule has 3 N–H and O–H groups in total. The summed E-state index contributed by atoms with van der Waals surface area (Å²) in [6.07, 6.45) is 7.41. The van der Waals surface area contributed by atoms with E-state index >= 15 is 0 Å². The molecule has 2 amide bonds. The molecule has 11 heteroatoms. The van der Waals surface area contributed by atoms with Crippen molar-refractivity contribution in [3.63, 3.8) is 0 Å². The van der Waals surface area contributed by atoms with Gasteiger partial charge in [-0.1, -0.05) is 12.2 Å². The summed E-state index contributed by atoms with van der Waals surface area (Å²) in [4.78, 5) is 43.4. The van der Waals surface area contributed by atoms with Crippen molar-refractivity contribution in [1.29, 1.82) is 0 Å². The van der Waals surface area contributed by atoms with Crippen LogP contribution in [-0.4, -0.2) is 49.9 Å². The minimum Gasteiger partial charge on any atom is -0.548 e. The molecule has 1 aromatic heterocycles. The van der Waals surface area contributed by atoms with E-state index in [-0.39, 0.29) is 41.4 Å². The molecule has 32 heavy (non-hydrogen) atoms. The second-order valence-corrected chi connectivity index (χ2v) is 12.2. The zero-order valence-electron chi connectivity index (χ0n) is 18.3. The topological polar surface area (TPSA) is 128 Å². The van der Waals surface area contributed by atoms with Crippen LogP contribution >= 0.6 is 23.1 Å². The van der Waals surface area contributed by atoms with Crippen LogP contribution in [0.2, 0.25) is 0 Å². The van der Waals surface area contributed by atoms with Crippen LogP contribution in [-0.2, 0) is 14.4 Å². The zero-order chi connectivity index (χ0) is 22.1. The first kappa shape index (κ1) is 24.1. The Labute approximate surface area is 217 Å². The van der Waals surface area contributed by atoms with Gasteiger partial charge in [-0.3, -0.25) is 9.59 Å². The molecule has 4 aliphatic rings. The third-order valence-corrected chi connectivity index (χ3v) is 9.39. The molecule has 0 radical (unpaired) electrons. The molecule has 7 atom stereocenters. The van der Waals surface area contributed by atoms with Gasteiger partial charge < -0.3 is 25.9 Å². The van der Waals surface area contributed by atoms with Gasteiger partial charge in [0.2, 0.25) is 11.8 Å². The number of anilines is 1. The van der Waals surface area contributed by atoms with Crippen LogP contribution < -0.4 is 45.7 Å². The van der Waals surface area contributed by atoms with Crippen molar-refractivity contribution >= 4 is 46.0 Å². The molecular formula is C21H25N4NaO4S2. The molecule has 1 saturated carbocycles. The maximum absolute atomic E-state index is 13.3. The molecule has 0 spiro atoms. The van der Waals surface area contributed by atoms with Gasteiger partial charge >= 0.3 is 29.6 Å². The van der Waals surface area contributed by atoms with E-state index in [0.717, 1.165) is 12.8 Å². The molecular weight excluding hydrogens is 459 g/mol. The van der Waals surface area contributed by atoms with E-state index in [4.69, 9.17) is 5.73 Å². The fourth-order valence-corrected chi connectivity index (χ4v) is 7.91. The Hall–Kier alpha value is -1.07. The molecule has 1 aromatic rings. The smallest absolute Gasteiger partial charge is 0.548 e. The van der Waals surface area contributed by atoms with E-state index < -0.39 is 34.1 Å². The Morgan fingerprint density at radius 3 is 2.69 bits per heavy atom. The number of thiazole rings is 1. The van der Waals surface area contributed by atoms with E-state index in [9.17, 15) is 19.5 Å². The van der Waals surface area contributed by atoms with Crippen LogP contribution in [0.25, 0.3) is 0 Å². The van der Waals surface area contributed by atoms with E-state index in [1.54, 1.807) is 13.8 Å². The van der Waals surface area contributed by atoms with Gasteiger partial charge in [0.05, 0.1) is 23.6 Å². The number of nitrogens with one attached hydrogen (secondary N) is 1. The molecule has 5 rings (SSSR count). The van der Waals surface area contributed by atoms with E-state index in [1.807, 2.05) is 5.38 Å². The van der Waals surface area contributed by atoms with E-state index in [2.05, 4.69) is 22.5 Å². The Bertz CT molecular complexity index is 983. The number of β-lactam (4-membered cyclic amide) rings is 1. The predicted octanol–water partition coefficient (Wildman–Crippen LogP) is -2.29. The van der Waals surface area contributed by atoms with Crippen molar-refractivity contribution in [3.05, 3.63) is 23.2 Å². The number of aromatic nitrogens is 1. The average molecular weight is 485 g/mol. The molecule has 0 aromatic carbocycles. The first-order valence-electron chi connectivity index (χ1n) is 10.6. The second-order valence-electron chi connectivity index (χ2n) is 9.50. The quantitative estimate of drug-likeness (QED) is 0.264. The number of allylic oxidation sites excluding steroid dienone is 2. The molecule has 3 fully saturated rings. The second kappa shape index (κ2) is 8.61. The summed E-state index contributed by atoms with van der Waals surface area (Å²) in [7, 11) is 0. The molecule has 166 valence electrons. The summed E-state index contributed by atoms with van der Waals surface area (Å²) in [6, 6.07) is -1.74. The minimum atomic E-state index is -1.27. The van der Waals surface area contributed by atoms with Crippen molar-refractivity contribution in [2.24, 2.45) is 17.8 Å². The first-order valence-corrected chi connectivity index (χ1v) is 12.3. The fourth-order valence-electron chi connectivity index (χ4n) is 5.67. The number of thioether (sulfide) groups is 1. The number of carbonyl (C=O) groups excluding carboxylic acids is 3. The van der Waals surface area contributed by atoms with Crippen molar-refractivity contribution in [1.82, 2.24) is 15.2 Å². The predicted molar refractivity (Wildman–Crippen MR) is 116 cm³/mol. The molecule has 8 nitrogen and oxygen atoms in total. The SMILES string of the molecule is CC1(C)S[C@@H]2[C@H](NC(=O)C(CC3CC4C=CC3C4)c3csc(N)n3)C(=O)N2[C@H]1C(=O)[O-].[Na+]. The van der Waals surface area contributed by atoms with Crippen LogP contribution in [0.3, 0.4) is 0 Å². The molecule has 2 aliphatic heterocycles. The Balaban J connectivity index is 0.00000245. The number of carboxylic acid groups (broad SMARTS) is 1. The number of nitrogen functional groups attached to an aromatic ring is 1. The van der Waals surface area contributed by atoms with Gasteiger partial charge in [0, 0.05) is 10.1 Å². The third kappa shape index (κ3) is 3.91. The van der Waals surface area contributed by atoms with Gasteiger partial charge in [0.15, 0.2) is 5.13 Å². The van der Waals surface area contributed by atoms with Crippen LogP contribution in [0.4, 0.5) is 5.13 Å². The number of nitrogens with two attached hydrogens (primary N) is 1. The number of aliphatic carboxylic acids is 1. The first-order chi connectivity index (χ1) is 14.7. The summed E-state index contributed by atoms with van der Waals surface area (Å²) >= 11 is 2.69. The number of rotatable bonds is 6. The molecule has 2 saturated heterocycles. The summed E-state index contributed by atoms with van der Waals surface area (Å²) in [5, 5.41) is 16.3. The van der Waals surface area contributed by atoms with Gasteiger partial charge in [0.1, 0.15) is 11.4 Å². The average Bonchev–Trinajstić information content (AvgIpc) is 3.46. The maximum Gasteiger partial charge on any atom is 1.00 e. The number of hydrogen-bond acceptors (Lipinski definition) is 8. The third-order valence-electron chi connectivity index (χ3n) is 7.13. The van der Waals surface area contributed by atoms with E-state index in [0.29, 0.717) is 35.0 Å². The number of carbonyl (C=O) groups is 3. The van der Waals surface area contributed by atoms with Crippen LogP contribution in [0.5, 0.6) is 0 Å². The summed E-state index contributed by atoms with van der Waals surface area (Å²) in [5.41, 5.74) is 6.47. The summed E-state index contributed by atoms with van der Waals surface area (Å²) < 4.78 is -0.684. The van der Waals surface area contributed by atoms with Crippen LogP contribution in [0, 0.1) is 17.8 Å². The Kier molecular flexibility index (Phi) is 6.48. The van der Waals surface area contributed by atoms with Crippen molar-refractivity contribution in [2.75, 3.05) is 5.73 Å². The maximum atomic E-state index is 13.3. The van der Waals surface area contributed by atoms with Crippen molar-refractivity contribution < 1.29 is 49.0 Å². The summed E-state index contributed by atoms with van der Waals surface area (Å²) in [5.74, 6) is -0.866. The number of hydrogen-bond donors (Lipinski definition) is 2. The van der Waals surface area contributed by atoms with Gasteiger partial charge in [-0.25, -0.2) is 4.98 Å². The van der Waals surface area contributed by atoms with E-state index in [1.165, 1.54) is 28.0 Å². The number of nitrogens with zero attached hydrogens (tertiary/aromatic N) is 2. The van der Waals surface area contributed by atoms with Gasteiger partial charge in [-0.2, -0.15) is 0 Å². The number of amides is 2. The van der Waals surface area contributed by atoms with Crippen molar-refractivity contribution in [3.8, 4) is 0 Å². The number of fused-ring (bicyclic) bond motifs is 3. The zero-order valence-corrected chi connectivity index (χ0v) is 21.9. The Morgan fingerprint density at radius 1 is 1.38 bits per heavy atom. The minimum absolute atomic E-state index is 0. The largest absolute Gasteiger partial charge is 1.00 e. The fraction of sp³-hybridized carbons (Fsp3) is 0.619.